The van der Waals surface area contributed by atoms with Gasteiger partial charge in [-0.2, -0.15) is 0 Å². The fourth-order valence-electron chi connectivity index (χ4n) is 3.83. The minimum atomic E-state index is 0.193. The van der Waals surface area contributed by atoms with Crippen LogP contribution >= 0.6 is 0 Å². The normalized spacial score (nSPS) is 29.0. The van der Waals surface area contributed by atoms with Gasteiger partial charge in [0.25, 0.3) is 0 Å². The first-order valence-electron chi connectivity index (χ1n) is 8.67. The first-order chi connectivity index (χ1) is 10.3. The maximum absolute atomic E-state index is 12.3. The summed E-state index contributed by atoms with van der Waals surface area (Å²) in [6.45, 7) is 6.48. The second-order valence-electron chi connectivity index (χ2n) is 6.64. The standard InChI is InChI=1S/C16H29N3O2/c20-16(13-21-15-4-2-1-3-5-15)19-9-6-14(12-19)18-10-7-17-8-11-18/h14-15,17H,1-13H2. The Morgan fingerprint density at radius 3 is 2.57 bits per heavy atom. The average Bonchev–Trinajstić information content (AvgIpc) is 3.04. The van der Waals surface area contributed by atoms with Gasteiger partial charge in [0.1, 0.15) is 6.61 Å². The summed E-state index contributed by atoms with van der Waals surface area (Å²) in [6, 6.07) is 0.561. The molecule has 2 heterocycles. The van der Waals surface area contributed by atoms with E-state index in [9.17, 15) is 4.79 Å². The van der Waals surface area contributed by atoms with E-state index in [1.165, 1.54) is 19.3 Å². The van der Waals surface area contributed by atoms with Crippen molar-refractivity contribution in [1.82, 2.24) is 15.1 Å². The molecular formula is C16H29N3O2. The number of hydrogen-bond donors (Lipinski definition) is 1. The third kappa shape index (κ3) is 4.18. The summed E-state index contributed by atoms with van der Waals surface area (Å²) in [4.78, 5) is 16.8. The van der Waals surface area contributed by atoms with Gasteiger partial charge < -0.3 is 15.0 Å². The quantitative estimate of drug-likeness (QED) is 0.835. The highest BCUT2D eigenvalue weighted by Gasteiger charge is 2.31. The maximum Gasteiger partial charge on any atom is 0.248 e. The highest BCUT2D eigenvalue weighted by molar-refractivity contribution is 5.77. The molecule has 2 aliphatic heterocycles. The van der Waals surface area contributed by atoms with E-state index in [0.29, 0.717) is 18.8 Å². The first kappa shape index (κ1) is 15.3. The van der Waals surface area contributed by atoms with E-state index in [-0.39, 0.29) is 5.91 Å². The Labute approximate surface area is 128 Å². The van der Waals surface area contributed by atoms with Crippen LogP contribution in [0.2, 0.25) is 0 Å². The van der Waals surface area contributed by atoms with Crippen LogP contribution in [0, 0.1) is 0 Å². The summed E-state index contributed by atoms with van der Waals surface area (Å²) in [6.07, 6.45) is 7.56. The molecule has 1 N–H and O–H groups in total. The molecule has 1 unspecified atom stereocenters. The lowest BCUT2D eigenvalue weighted by Crippen LogP contribution is -2.49. The first-order valence-corrected chi connectivity index (χ1v) is 8.67. The topological polar surface area (TPSA) is 44.8 Å². The van der Waals surface area contributed by atoms with Gasteiger partial charge in [0, 0.05) is 45.3 Å². The zero-order valence-electron chi connectivity index (χ0n) is 13.1. The number of nitrogens with one attached hydrogen (secondary N) is 1. The van der Waals surface area contributed by atoms with Crippen LogP contribution in [0.1, 0.15) is 38.5 Å². The van der Waals surface area contributed by atoms with Gasteiger partial charge in [-0.1, -0.05) is 19.3 Å². The summed E-state index contributed by atoms with van der Waals surface area (Å²) in [7, 11) is 0. The largest absolute Gasteiger partial charge is 0.368 e. The smallest absolute Gasteiger partial charge is 0.248 e. The predicted octanol–water partition coefficient (Wildman–Crippen LogP) is 0.842. The van der Waals surface area contributed by atoms with Gasteiger partial charge in [-0.05, 0) is 19.3 Å². The summed E-state index contributed by atoms with van der Waals surface area (Å²) in [5.41, 5.74) is 0. The van der Waals surface area contributed by atoms with Crippen molar-refractivity contribution >= 4 is 5.91 Å². The number of hydrogen-bond acceptors (Lipinski definition) is 4. The molecule has 5 heteroatoms. The Morgan fingerprint density at radius 2 is 1.81 bits per heavy atom. The van der Waals surface area contributed by atoms with E-state index in [4.69, 9.17) is 4.74 Å². The molecule has 0 radical (unpaired) electrons. The van der Waals surface area contributed by atoms with Crippen LogP contribution in [0.5, 0.6) is 0 Å². The Morgan fingerprint density at radius 1 is 1.05 bits per heavy atom. The lowest BCUT2D eigenvalue weighted by molar-refractivity contribution is -0.138. The van der Waals surface area contributed by atoms with Crippen LogP contribution < -0.4 is 5.32 Å². The molecule has 1 aliphatic carbocycles. The Balaban J connectivity index is 1.39. The van der Waals surface area contributed by atoms with Crippen molar-refractivity contribution in [2.45, 2.75) is 50.7 Å². The molecule has 0 aromatic carbocycles. The van der Waals surface area contributed by atoms with Gasteiger partial charge in [0.2, 0.25) is 5.91 Å². The molecule has 3 rings (SSSR count). The van der Waals surface area contributed by atoms with Crippen molar-refractivity contribution in [2.24, 2.45) is 0 Å². The fraction of sp³-hybridized carbons (Fsp3) is 0.938. The van der Waals surface area contributed by atoms with Crippen molar-refractivity contribution in [3.05, 3.63) is 0 Å². The second-order valence-corrected chi connectivity index (χ2v) is 6.64. The molecule has 1 amide bonds. The van der Waals surface area contributed by atoms with E-state index >= 15 is 0 Å². The summed E-state index contributed by atoms with van der Waals surface area (Å²) in [5, 5.41) is 3.39. The van der Waals surface area contributed by atoms with Crippen molar-refractivity contribution in [3.8, 4) is 0 Å². The van der Waals surface area contributed by atoms with Gasteiger partial charge in [0.05, 0.1) is 6.10 Å². The number of ether oxygens (including phenoxy) is 1. The number of piperazine rings is 1. The van der Waals surface area contributed by atoms with Crippen LogP contribution in [0.15, 0.2) is 0 Å². The molecule has 1 saturated carbocycles. The summed E-state index contributed by atoms with van der Waals surface area (Å²) >= 11 is 0. The van der Waals surface area contributed by atoms with Gasteiger partial charge >= 0.3 is 0 Å². The Bertz CT molecular complexity index is 338. The zero-order chi connectivity index (χ0) is 14.5. The molecular weight excluding hydrogens is 266 g/mol. The molecule has 0 spiro atoms. The van der Waals surface area contributed by atoms with Crippen molar-refractivity contribution in [3.63, 3.8) is 0 Å². The van der Waals surface area contributed by atoms with E-state index in [0.717, 1.165) is 58.5 Å². The number of likely N-dealkylation sites (tertiary alicyclic amines) is 1. The van der Waals surface area contributed by atoms with Crippen molar-refractivity contribution in [2.75, 3.05) is 45.9 Å². The maximum atomic E-state index is 12.3. The molecule has 0 aromatic heterocycles. The number of amides is 1. The van der Waals surface area contributed by atoms with Gasteiger partial charge in [-0.15, -0.1) is 0 Å². The molecule has 1 atom stereocenters. The van der Waals surface area contributed by atoms with Crippen molar-refractivity contribution < 1.29 is 9.53 Å². The predicted molar refractivity (Wildman–Crippen MR) is 82.3 cm³/mol. The number of nitrogens with zero attached hydrogens (tertiary/aromatic N) is 2. The molecule has 21 heavy (non-hydrogen) atoms. The van der Waals surface area contributed by atoms with E-state index in [2.05, 4.69) is 10.2 Å². The fourth-order valence-corrected chi connectivity index (χ4v) is 3.83. The lowest BCUT2D eigenvalue weighted by Gasteiger charge is -2.32. The van der Waals surface area contributed by atoms with Crippen LogP contribution in [0.3, 0.4) is 0 Å². The summed E-state index contributed by atoms with van der Waals surface area (Å²) < 4.78 is 5.82. The molecule has 120 valence electrons. The van der Waals surface area contributed by atoms with Gasteiger partial charge in [-0.3, -0.25) is 9.69 Å². The number of carbonyl (C=O) groups is 1. The monoisotopic (exact) mass is 295 g/mol. The van der Waals surface area contributed by atoms with Crippen molar-refractivity contribution in [1.29, 1.82) is 0 Å². The molecule has 3 fully saturated rings. The van der Waals surface area contributed by atoms with E-state index in [1.54, 1.807) is 0 Å². The van der Waals surface area contributed by atoms with Crippen LogP contribution in [-0.2, 0) is 9.53 Å². The molecule has 5 nitrogen and oxygen atoms in total. The molecule has 0 bridgehead atoms. The van der Waals surface area contributed by atoms with Gasteiger partial charge in [-0.25, -0.2) is 0 Å². The third-order valence-electron chi connectivity index (χ3n) is 5.18. The Kier molecular flexibility index (Phi) is 5.49. The van der Waals surface area contributed by atoms with Gasteiger partial charge in [0.15, 0.2) is 0 Å². The molecule has 2 saturated heterocycles. The van der Waals surface area contributed by atoms with Crippen LogP contribution in [0.25, 0.3) is 0 Å². The third-order valence-corrected chi connectivity index (χ3v) is 5.18. The molecule has 0 aromatic rings. The van der Waals surface area contributed by atoms with Crippen LogP contribution in [-0.4, -0.2) is 73.7 Å². The zero-order valence-corrected chi connectivity index (χ0v) is 13.1. The lowest BCUT2D eigenvalue weighted by atomic mass is 9.98. The second kappa shape index (κ2) is 7.56. The highest BCUT2D eigenvalue weighted by Crippen LogP contribution is 2.21. The Hall–Kier alpha value is -0.650. The molecule has 3 aliphatic rings. The van der Waals surface area contributed by atoms with Crippen LogP contribution in [0.4, 0.5) is 0 Å². The van der Waals surface area contributed by atoms with E-state index in [1.807, 2.05) is 4.90 Å². The SMILES string of the molecule is O=C(COC1CCCCC1)N1CCC(N2CCNCC2)C1. The van der Waals surface area contributed by atoms with E-state index < -0.39 is 0 Å². The number of carbonyl (C=O) groups excluding carboxylic acids is 1. The minimum Gasteiger partial charge on any atom is -0.368 e. The highest BCUT2D eigenvalue weighted by atomic mass is 16.5. The number of rotatable bonds is 4. The summed E-state index contributed by atoms with van der Waals surface area (Å²) in [5.74, 6) is 0.193. The average molecular weight is 295 g/mol. The minimum absolute atomic E-state index is 0.193.